The number of nitrogens with zero attached hydrogens (tertiary/aromatic N) is 1. The molecule has 2 aromatic carbocycles. The van der Waals surface area contributed by atoms with Gasteiger partial charge < -0.3 is 4.90 Å². The molecule has 0 saturated carbocycles. The lowest BCUT2D eigenvalue weighted by atomic mass is 9.96. The molecule has 0 aliphatic carbocycles. The zero-order valence-corrected chi connectivity index (χ0v) is 12.0. The van der Waals surface area contributed by atoms with Gasteiger partial charge in [-0.3, -0.25) is 4.79 Å². The van der Waals surface area contributed by atoms with E-state index in [1.165, 1.54) is 20.9 Å². The Bertz CT molecular complexity index is 684. The van der Waals surface area contributed by atoms with Gasteiger partial charge in [0, 0.05) is 22.4 Å². The molecule has 94 valence electrons. The van der Waals surface area contributed by atoms with Crippen molar-refractivity contribution < 1.29 is 4.79 Å². The van der Waals surface area contributed by atoms with E-state index >= 15 is 0 Å². The molecule has 0 radical (unpaired) electrons. The first kappa shape index (κ1) is 12.4. The summed E-state index contributed by atoms with van der Waals surface area (Å²) in [6.07, 6.45) is 0. The Morgan fingerprint density at radius 2 is 1.89 bits per heavy atom. The van der Waals surface area contributed by atoms with Crippen LogP contribution in [0.15, 0.2) is 46.2 Å². The summed E-state index contributed by atoms with van der Waals surface area (Å²) >= 11 is 1.77. The fraction of sp³-hybridized carbons (Fsp3) is 0.133. The van der Waals surface area contributed by atoms with E-state index in [2.05, 4.69) is 38.0 Å². The highest BCUT2D eigenvalue weighted by atomic mass is 32.2. The summed E-state index contributed by atoms with van der Waals surface area (Å²) in [5, 5.41) is 0. The number of ketones is 1. The maximum atomic E-state index is 11.5. The number of Topliss-reactive ketones (excluding diaryl/α,β-unsaturated/α-hetero) is 1. The Balaban J connectivity index is 2.13. The van der Waals surface area contributed by atoms with Crippen LogP contribution in [-0.4, -0.2) is 20.7 Å². The van der Waals surface area contributed by atoms with Gasteiger partial charge >= 0.3 is 0 Å². The molecular formula is C15H14BNOS. The van der Waals surface area contributed by atoms with Gasteiger partial charge in [0.15, 0.2) is 5.78 Å². The minimum atomic E-state index is 0.107. The largest absolute Gasteiger partial charge is 0.343 e. The number of hydrogen-bond donors (Lipinski definition) is 0. The smallest absolute Gasteiger partial charge is 0.159 e. The van der Waals surface area contributed by atoms with Crippen molar-refractivity contribution in [3.8, 4) is 0 Å². The molecule has 1 aliphatic rings. The van der Waals surface area contributed by atoms with Crippen molar-refractivity contribution in [1.29, 1.82) is 0 Å². The molecule has 0 amide bonds. The average molecular weight is 267 g/mol. The van der Waals surface area contributed by atoms with Crippen molar-refractivity contribution >= 4 is 42.2 Å². The number of rotatable bonds is 1. The molecule has 2 nitrogen and oxygen atoms in total. The lowest BCUT2D eigenvalue weighted by Gasteiger charge is -2.30. The van der Waals surface area contributed by atoms with Crippen LogP contribution in [0.3, 0.4) is 0 Å². The number of anilines is 2. The summed E-state index contributed by atoms with van der Waals surface area (Å²) in [7, 11) is 4.16. The van der Waals surface area contributed by atoms with Crippen molar-refractivity contribution in [2.45, 2.75) is 16.7 Å². The van der Waals surface area contributed by atoms with Crippen LogP contribution in [0.25, 0.3) is 0 Å². The zero-order chi connectivity index (χ0) is 13.6. The zero-order valence-electron chi connectivity index (χ0n) is 11.2. The summed E-state index contributed by atoms with van der Waals surface area (Å²) in [5.74, 6) is 0.107. The maximum Gasteiger partial charge on any atom is 0.159 e. The molecular weight excluding hydrogens is 253 g/mol. The second-order valence-electron chi connectivity index (χ2n) is 4.87. The third kappa shape index (κ3) is 2.06. The normalized spacial score (nSPS) is 12.8. The van der Waals surface area contributed by atoms with E-state index in [4.69, 9.17) is 0 Å². The summed E-state index contributed by atoms with van der Waals surface area (Å²) in [4.78, 5) is 16.1. The average Bonchev–Trinajstić information content (AvgIpc) is 2.38. The van der Waals surface area contributed by atoms with Crippen molar-refractivity contribution in [3.05, 3.63) is 42.0 Å². The quantitative estimate of drug-likeness (QED) is 0.584. The predicted molar refractivity (Wildman–Crippen MR) is 83.3 cm³/mol. The van der Waals surface area contributed by atoms with Gasteiger partial charge in [-0.05, 0) is 25.1 Å². The van der Waals surface area contributed by atoms with Crippen molar-refractivity contribution in [2.75, 3.05) is 11.9 Å². The second-order valence-corrected chi connectivity index (χ2v) is 5.95. The number of fused-ring (bicyclic) bond motifs is 2. The Morgan fingerprint density at radius 3 is 2.63 bits per heavy atom. The third-order valence-electron chi connectivity index (χ3n) is 3.42. The highest BCUT2D eigenvalue weighted by Gasteiger charge is 2.21. The number of hydrogen-bond acceptors (Lipinski definition) is 3. The molecule has 3 rings (SSSR count). The summed E-state index contributed by atoms with van der Waals surface area (Å²) in [5.41, 5.74) is 4.34. The first-order valence-corrected chi connectivity index (χ1v) is 7.05. The number of carbonyl (C=O) groups is 1. The van der Waals surface area contributed by atoms with Crippen molar-refractivity contribution in [1.82, 2.24) is 0 Å². The second kappa shape index (κ2) is 4.46. The van der Waals surface area contributed by atoms with E-state index in [0.717, 1.165) is 11.3 Å². The highest BCUT2D eigenvalue weighted by Crippen LogP contribution is 2.47. The first-order valence-electron chi connectivity index (χ1n) is 6.23. The third-order valence-corrected chi connectivity index (χ3v) is 4.54. The molecule has 0 aromatic heterocycles. The maximum absolute atomic E-state index is 11.5. The van der Waals surface area contributed by atoms with Crippen LogP contribution in [0.5, 0.6) is 0 Å². The highest BCUT2D eigenvalue weighted by molar-refractivity contribution is 7.99. The van der Waals surface area contributed by atoms with Crippen LogP contribution in [0.4, 0.5) is 11.4 Å². The van der Waals surface area contributed by atoms with Gasteiger partial charge in [-0.25, -0.2) is 0 Å². The van der Waals surface area contributed by atoms with E-state index in [-0.39, 0.29) is 5.78 Å². The molecule has 4 heteroatoms. The van der Waals surface area contributed by atoms with Crippen LogP contribution in [-0.2, 0) is 0 Å². The summed E-state index contributed by atoms with van der Waals surface area (Å²) in [6.45, 7) is 1.61. The van der Waals surface area contributed by atoms with E-state index in [9.17, 15) is 4.79 Å². The van der Waals surface area contributed by atoms with Gasteiger partial charge in [0.2, 0.25) is 0 Å². The molecule has 0 N–H and O–H groups in total. The monoisotopic (exact) mass is 267 g/mol. The van der Waals surface area contributed by atoms with E-state index in [1.54, 1.807) is 18.7 Å². The van der Waals surface area contributed by atoms with Gasteiger partial charge in [-0.2, -0.15) is 0 Å². The van der Waals surface area contributed by atoms with E-state index in [1.807, 2.05) is 18.2 Å². The Kier molecular flexibility index (Phi) is 2.90. The number of benzene rings is 2. The topological polar surface area (TPSA) is 20.3 Å². The van der Waals surface area contributed by atoms with Crippen LogP contribution < -0.4 is 10.4 Å². The molecule has 0 atom stereocenters. The van der Waals surface area contributed by atoms with Gasteiger partial charge in [0.05, 0.1) is 11.4 Å². The van der Waals surface area contributed by atoms with Crippen LogP contribution in [0.2, 0.25) is 0 Å². The van der Waals surface area contributed by atoms with Gasteiger partial charge in [-0.15, -0.1) is 0 Å². The number of carbonyl (C=O) groups excluding carboxylic acids is 1. The van der Waals surface area contributed by atoms with Gasteiger partial charge in [0.25, 0.3) is 0 Å². The van der Waals surface area contributed by atoms with E-state index in [0.29, 0.717) is 0 Å². The van der Waals surface area contributed by atoms with Gasteiger partial charge in [0.1, 0.15) is 7.85 Å². The minimum Gasteiger partial charge on any atom is -0.343 e. The molecule has 0 spiro atoms. The summed E-state index contributed by atoms with van der Waals surface area (Å²) < 4.78 is 0. The Labute approximate surface area is 118 Å². The molecule has 2 aromatic rings. The lowest BCUT2D eigenvalue weighted by Crippen LogP contribution is -2.17. The van der Waals surface area contributed by atoms with Crippen LogP contribution in [0.1, 0.15) is 17.3 Å². The van der Waals surface area contributed by atoms with Crippen molar-refractivity contribution in [3.63, 3.8) is 0 Å². The Hall–Kier alpha value is -1.68. The SMILES string of the molecule is Bc1ccc2c(c1)Sc1ccc(C(C)=O)cc1N2C. The standard InChI is InChI=1S/C15H14BNOS/c1-9(18)10-3-6-14-13(7-10)17(2)12-5-4-11(16)8-15(12)19-14/h3-8H,16H2,1-2H3. The van der Waals surface area contributed by atoms with Crippen LogP contribution >= 0.6 is 11.8 Å². The van der Waals surface area contributed by atoms with Gasteiger partial charge in [-0.1, -0.05) is 35.4 Å². The minimum absolute atomic E-state index is 0.107. The van der Waals surface area contributed by atoms with Crippen molar-refractivity contribution in [2.24, 2.45) is 0 Å². The molecule has 0 unspecified atom stereocenters. The molecule has 0 saturated heterocycles. The summed E-state index contributed by atoms with van der Waals surface area (Å²) in [6, 6.07) is 12.4. The van der Waals surface area contributed by atoms with E-state index < -0.39 is 0 Å². The molecule has 0 bridgehead atoms. The molecule has 1 aliphatic heterocycles. The fourth-order valence-corrected chi connectivity index (χ4v) is 3.54. The lowest BCUT2D eigenvalue weighted by molar-refractivity contribution is 0.101. The first-order chi connectivity index (χ1) is 9.06. The fourth-order valence-electron chi connectivity index (χ4n) is 2.31. The van der Waals surface area contributed by atoms with Crippen LogP contribution in [0, 0.1) is 0 Å². The predicted octanol–water partition coefficient (Wildman–Crippen LogP) is 2.38. The molecule has 0 fully saturated rings. The Morgan fingerprint density at radius 1 is 1.11 bits per heavy atom. The molecule has 19 heavy (non-hydrogen) atoms. The molecule has 1 heterocycles.